The summed E-state index contributed by atoms with van der Waals surface area (Å²) < 4.78 is 0. The van der Waals surface area contributed by atoms with Gasteiger partial charge in [0.1, 0.15) is 0 Å². The van der Waals surface area contributed by atoms with Gasteiger partial charge in [-0.1, -0.05) is 48.5 Å². The Morgan fingerprint density at radius 2 is 1.83 bits per heavy atom. The van der Waals surface area contributed by atoms with Crippen molar-refractivity contribution in [2.45, 2.75) is 25.6 Å². The zero-order valence-electron chi connectivity index (χ0n) is 13.2. The number of rotatable bonds is 2. The van der Waals surface area contributed by atoms with E-state index < -0.39 is 0 Å². The van der Waals surface area contributed by atoms with E-state index in [1.165, 1.54) is 35.1 Å². The first-order valence-corrected chi connectivity index (χ1v) is 8.45. The molecule has 3 heteroatoms. The highest BCUT2D eigenvalue weighted by Gasteiger charge is 2.35. The number of H-pyrrole nitrogens is 1. The molecule has 2 aromatic carbocycles. The van der Waals surface area contributed by atoms with Crippen LogP contribution in [0.5, 0.6) is 0 Å². The summed E-state index contributed by atoms with van der Waals surface area (Å²) in [6, 6.07) is 20.2. The van der Waals surface area contributed by atoms with Gasteiger partial charge in [-0.25, -0.2) is 0 Å². The Morgan fingerprint density at radius 1 is 1.00 bits per heavy atom. The summed E-state index contributed by atoms with van der Waals surface area (Å²) in [6.07, 6.45) is 1.17. The normalized spacial score (nSPS) is 21.5. The van der Waals surface area contributed by atoms with Gasteiger partial charge in [0, 0.05) is 42.3 Å². The first-order valence-electron chi connectivity index (χ1n) is 8.45. The maximum Gasteiger partial charge on any atom is 0.0517 e. The van der Waals surface area contributed by atoms with Crippen LogP contribution in [0.25, 0.3) is 10.9 Å². The van der Waals surface area contributed by atoms with E-state index >= 15 is 0 Å². The number of fused-ring (bicyclic) bond motifs is 4. The highest BCUT2D eigenvalue weighted by molar-refractivity contribution is 5.84. The van der Waals surface area contributed by atoms with Gasteiger partial charge < -0.3 is 4.98 Å². The van der Waals surface area contributed by atoms with Crippen LogP contribution in [-0.2, 0) is 19.5 Å². The fourth-order valence-electron chi connectivity index (χ4n) is 4.24. The smallest absolute Gasteiger partial charge is 0.0517 e. The number of benzene rings is 2. The summed E-state index contributed by atoms with van der Waals surface area (Å²) in [5.41, 5.74) is 5.67. The van der Waals surface area contributed by atoms with Gasteiger partial charge in [0.2, 0.25) is 0 Å². The minimum Gasteiger partial charge on any atom is -0.357 e. The van der Waals surface area contributed by atoms with Gasteiger partial charge in [-0.05, 0) is 23.6 Å². The predicted molar refractivity (Wildman–Crippen MR) is 93.1 cm³/mol. The first kappa shape index (κ1) is 13.3. The number of nitrogens with one attached hydrogen (secondary N) is 1. The Bertz CT molecular complexity index is 836. The van der Waals surface area contributed by atoms with Gasteiger partial charge in [-0.3, -0.25) is 9.80 Å². The summed E-state index contributed by atoms with van der Waals surface area (Å²) >= 11 is 0. The van der Waals surface area contributed by atoms with E-state index in [9.17, 15) is 0 Å². The number of hydrogen-bond donors (Lipinski definition) is 1. The molecule has 1 N–H and O–H groups in total. The average molecular weight is 303 g/mol. The van der Waals surface area contributed by atoms with E-state index in [-0.39, 0.29) is 0 Å². The van der Waals surface area contributed by atoms with Crippen molar-refractivity contribution in [1.82, 2.24) is 14.8 Å². The molecule has 23 heavy (non-hydrogen) atoms. The molecule has 0 aliphatic carbocycles. The van der Waals surface area contributed by atoms with E-state index in [1.54, 1.807) is 5.56 Å². The molecule has 0 bridgehead atoms. The molecule has 116 valence electrons. The third-order valence-corrected chi connectivity index (χ3v) is 5.32. The van der Waals surface area contributed by atoms with Crippen LogP contribution in [0.15, 0.2) is 54.6 Å². The average Bonchev–Trinajstić information content (AvgIpc) is 3.13. The van der Waals surface area contributed by atoms with E-state index in [2.05, 4.69) is 69.4 Å². The lowest BCUT2D eigenvalue weighted by Gasteiger charge is -2.28. The van der Waals surface area contributed by atoms with Crippen LogP contribution in [-0.4, -0.2) is 34.0 Å². The maximum absolute atomic E-state index is 3.63. The number of aromatic nitrogens is 1. The summed E-state index contributed by atoms with van der Waals surface area (Å²) in [5, 5.41) is 1.42. The van der Waals surface area contributed by atoms with Crippen molar-refractivity contribution >= 4 is 10.9 Å². The molecule has 1 saturated heterocycles. The molecule has 2 aliphatic heterocycles. The molecule has 0 spiro atoms. The molecule has 3 heterocycles. The number of aromatic amines is 1. The summed E-state index contributed by atoms with van der Waals surface area (Å²) in [4.78, 5) is 8.84. The number of nitrogens with zero attached hydrogens (tertiary/aromatic N) is 2. The molecule has 1 fully saturated rings. The van der Waals surface area contributed by atoms with E-state index in [1.807, 2.05) is 0 Å². The second kappa shape index (κ2) is 5.22. The minimum absolute atomic E-state index is 0.658. The van der Waals surface area contributed by atoms with Crippen molar-refractivity contribution in [3.8, 4) is 0 Å². The Labute approximate surface area is 136 Å². The molecule has 1 aromatic heterocycles. The Hall–Kier alpha value is -2.10. The van der Waals surface area contributed by atoms with Gasteiger partial charge in [0.25, 0.3) is 0 Å². The lowest BCUT2D eigenvalue weighted by Crippen LogP contribution is -2.36. The lowest BCUT2D eigenvalue weighted by molar-refractivity contribution is 0.199. The van der Waals surface area contributed by atoms with Crippen molar-refractivity contribution in [2.24, 2.45) is 0 Å². The maximum atomic E-state index is 3.63. The summed E-state index contributed by atoms with van der Waals surface area (Å²) in [5.74, 6) is 0. The van der Waals surface area contributed by atoms with Crippen LogP contribution >= 0.6 is 0 Å². The Kier molecular flexibility index (Phi) is 3.03. The molecular weight excluding hydrogens is 282 g/mol. The molecule has 0 saturated carbocycles. The van der Waals surface area contributed by atoms with Crippen molar-refractivity contribution in [3.05, 3.63) is 71.4 Å². The molecule has 1 unspecified atom stereocenters. The lowest BCUT2D eigenvalue weighted by atomic mass is 9.98. The van der Waals surface area contributed by atoms with Gasteiger partial charge in [-0.2, -0.15) is 0 Å². The molecule has 3 aromatic rings. The van der Waals surface area contributed by atoms with Crippen LogP contribution in [0, 0.1) is 0 Å². The molecule has 0 amide bonds. The van der Waals surface area contributed by atoms with Crippen LogP contribution in [0.4, 0.5) is 0 Å². The van der Waals surface area contributed by atoms with Gasteiger partial charge in [0.05, 0.1) is 6.67 Å². The largest absolute Gasteiger partial charge is 0.357 e. The second-order valence-corrected chi connectivity index (χ2v) is 6.87. The summed E-state index contributed by atoms with van der Waals surface area (Å²) in [6.45, 7) is 4.37. The quantitative estimate of drug-likeness (QED) is 0.784. The zero-order chi connectivity index (χ0) is 15.2. The Balaban J connectivity index is 1.38. The molecule has 1 atom stereocenters. The zero-order valence-corrected chi connectivity index (χ0v) is 13.2. The fraction of sp³-hybridized carbons (Fsp3) is 0.300. The highest BCUT2D eigenvalue weighted by atomic mass is 15.4. The van der Waals surface area contributed by atoms with Crippen molar-refractivity contribution < 1.29 is 0 Å². The van der Waals surface area contributed by atoms with Crippen LogP contribution in [0.3, 0.4) is 0 Å². The van der Waals surface area contributed by atoms with Gasteiger partial charge in [-0.15, -0.1) is 0 Å². The van der Waals surface area contributed by atoms with Crippen LogP contribution < -0.4 is 0 Å². The van der Waals surface area contributed by atoms with Gasteiger partial charge >= 0.3 is 0 Å². The predicted octanol–water partition coefficient (Wildman–Crippen LogP) is 3.37. The monoisotopic (exact) mass is 303 g/mol. The SMILES string of the molecule is c1ccc(CN2CC3Cc4c([nH]c5ccccc45)CN3C2)cc1. The van der Waals surface area contributed by atoms with Gasteiger partial charge in [0.15, 0.2) is 0 Å². The molecule has 2 aliphatic rings. The molecule has 3 nitrogen and oxygen atoms in total. The van der Waals surface area contributed by atoms with Crippen LogP contribution in [0.2, 0.25) is 0 Å². The van der Waals surface area contributed by atoms with E-state index in [0.29, 0.717) is 6.04 Å². The second-order valence-electron chi connectivity index (χ2n) is 6.87. The third kappa shape index (κ3) is 2.28. The number of hydrogen-bond acceptors (Lipinski definition) is 2. The van der Waals surface area contributed by atoms with Crippen LogP contribution in [0.1, 0.15) is 16.8 Å². The molecule has 0 radical (unpaired) electrons. The van der Waals surface area contributed by atoms with Crippen molar-refractivity contribution in [3.63, 3.8) is 0 Å². The standard InChI is InChI=1S/C20H21N3/c1-2-6-15(7-3-1)11-22-12-16-10-18-17-8-4-5-9-19(17)21-20(18)13-23(16)14-22/h1-9,16,21H,10-14H2. The summed E-state index contributed by atoms with van der Waals surface area (Å²) in [7, 11) is 0. The Morgan fingerprint density at radius 3 is 2.74 bits per heavy atom. The van der Waals surface area contributed by atoms with E-state index in [0.717, 1.165) is 19.8 Å². The minimum atomic E-state index is 0.658. The third-order valence-electron chi connectivity index (χ3n) is 5.32. The molecular formula is C20H21N3. The van der Waals surface area contributed by atoms with Crippen molar-refractivity contribution in [2.75, 3.05) is 13.2 Å². The van der Waals surface area contributed by atoms with E-state index in [4.69, 9.17) is 0 Å². The van der Waals surface area contributed by atoms with Crippen molar-refractivity contribution in [1.29, 1.82) is 0 Å². The molecule has 5 rings (SSSR count). The fourth-order valence-corrected chi connectivity index (χ4v) is 4.24. The topological polar surface area (TPSA) is 22.3 Å². The highest BCUT2D eigenvalue weighted by Crippen LogP contribution is 2.33. The first-order chi connectivity index (χ1) is 11.4. The number of para-hydroxylation sites is 1.